The maximum Gasteiger partial charge on any atom is 0.257 e. The molecular weight excluding hydrogens is 328 g/mol. The van der Waals surface area contributed by atoms with Crippen molar-refractivity contribution >= 4 is 22.8 Å². The number of fused-ring (bicyclic) bond motifs is 1. The molecule has 1 aromatic heterocycles. The molecule has 1 fully saturated rings. The summed E-state index contributed by atoms with van der Waals surface area (Å²) in [4.78, 5) is 26.0. The van der Waals surface area contributed by atoms with Crippen LogP contribution in [0.25, 0.3) is 11.0 Å². The number of nitrogens with zero attached hydrogens (tertiary/aromatic N) is 4. The van der Waals surface area contributed by atoms with Crippen molar-refractivity contribution < 1.29 is 9.53 Å². The maximum atomic E-state index is 12.8. The second-order valence-electron chi connectivity index (χ2n) is 6.20. The molecule has 0 bridgehead atoms. The van der Waals surface area contributed by atoms with Crippen LogP contribution in [0.3, 0.4) is 0 Å². The van der Waals surface area contributed by atoms with Crippen molar-refractivity contribution in [1.29, 1.82) is 0 Å². The molecule has 1 saturated heterocycles. The topological polar surface area (TPSA) is 58.6 Å². The Morgan fingerprint density at radius 2 is 1.65 bits per heavy atom. The second-order valence-corrected chi connectivity index (χ2v) is 6.20. The molecule has 2 heterocycles. The quantitative estimate of drug-likeness (QED) is 0.728. The predicted molar refractivity (Wildman–Crippen MR) is 101 cm³/mol. The van der Waals surface area contributed by atoms with Crippen molar-refractivity contribution in [3.63, 3.8) is 0 Å². The van der Waals surface area contributed by atoms with Crippen LogP contribution in [-0.2, 0) is 0 Å². The minimum absolute atomic E-state index is 0.00620. The van der Waals surface area contributed by atoms with Crippen molar-refractivity contribution in [1.82, 2.24) is 14.9 Å². The SMILES string of the molecule is COc1ccccc1C(=O)N1CCN(c2cnc3ccccc3n2)CC1. The standard InChI is InChI=1S/C20H20N4O2/c1-26-18-9-5-2-6-15(18)20(25)24-12-10-23(11-13-24)19-14-21-16-7-3-4-8-17(16)22-19/h2-9,14H,10-13H2,1H3. The summed E-state index contributed by atoms with van der Waals surface area (Å²) in [6.45, 7) is 2.75. The molecule has 6 heteroatoms. The van der Waals surface area contributed by atoms with Crippen molar-refractivity contribution in [2.24, 2.45) is 0 Å². The van der Waals surface area contributed by atoms with Crippen LogP contribution in [0, 0.1) is 0 Å². The lowest BCUT2D eigenvalue weighted by Gasteiger charge is -2.35. The molecule has 0 unspecified atom stereocenters. The van der Waals surface area contributed by atoms with Crippen LogP contribution in [0.15, 0.2) is 54.7 Å². The predicted octanol–water partition coefficient (Wildman–Crippen LogP) is 2.60. The van der Waals surface area contributed by atoms with Gasteiger partial charge in [-0.05, 0) is 24.3 Å². The van der Waals surface area contributed by atoms with Gasteiger partial charge in [-0.2, -0.15) is 0 Å². The van der Waals surface area contributed by atoms with E-state index in [1.54, 1.807) is 13.3 Å². The highest BCUT2D eigenvalue weighted by molar-refractivity contribution is 5.97. The number of benzene rings is 2. The number of carbonyl (C=O) groups excluding carboxylic acids is 1. The van der Waals surface area contributed by atoms with Crippen molar-refractivity contribution in [2.45, 2.75) is 0 Å². The number of rotatable bonds is 3. The third-order valence-corrected chi connectivity index (χ3v) is 4.66. The number of amides is 1. The zero-order valence-electron chi connectivity index (χ0n) is 14.6. The number of carbonyl (C=O) groups is 1. The van der Waals surface area contributed by atoms with Crippen LogP contribution in [0.1, 0.15) is 10.4 Å². The summed E-state index contributed by atoms with van der Waals surface area (Å²) in [6, 6.07) is 15.2. The molecule has 26 heavy (non-hydrogen) atoms. The number of hydrogen-bond donors (Lipinski definition) is 0. The van der Waals surface area contributed by atoms with Gasteiger partial charge in [-0.15, -0.1) is 0 Å². The number of hydrogen-bond acceptors (Lipinski definition) is 5. The Hall–Kier alpha value is -3.15. The minimum atomic E-state index is 0.00620. The monoisotopic (exact) mass is 348 g/mol. The third kappa shape index (κ3) is 3.06. The fourth-order valence-electron chi connectivity index (χ4n) is 3.23. The first kappa shape index (κ1) is 16.3. The Bertz CT molecular complexity index is 936. The molecule has 0 aliphatic carbocycles. The smallest absolute Gasteiger partial charge is 0.257 e. The molecule has 0 atom stereocenters. The molecule has 2 aromatic carbocycles. The molecule has 1 aliphatic rings. The highest BCUT2D eigenvalue weighted by Gasteiger charge is 2.24. The van der Waals surface area contributed by atoms with E-state index in [2.05, 4.69) is 9.88 Å². The number of aromatic nitrogens is 2. The van der Waals surface area contributed by atoms with Gasteiger partial charge in [0.25, 0.3) is 5.91 Å². The zero-order chi connectivity index (χ0) is 17.9. The fraction of sp³-hybridized carbons (Fsp3) is 0.250. The van der Waals surface area contributed by atoms with Crippen LogP contribution >= 0.6 is 0 Å². The summed E-state index contributed by atoms with van der Waals surface area (Å²) in [5, 5.41) is 0. The van der Waals surface area contributed by atoms with E-state index in [0.717, 1.165) is 29.9 Å². The van der Waals surface area contributed by atoms with Gasteiger partial charge in [0, 0.05) is 26.2 Å². The molecule has 6 nitrogen and oxygen atoms in total. The number of para-hydroxylation sites is 3. The van der Waals surface area contributed by atoms with Crippen LogP contribution in [0.4, 0.5) is 5.82 Å². The van der Waals surface area contributed by atoms with Gasteiger partial charge in [-0.3, -0.25) is 9.78 Å². The van der Waals surface area contributed by atoms with Gasteiger partial charge in [0.2, 0.25) is 0 Å². The largest absolute Gasteiger partial charge is 0.496 e. The molecule has 1 amide bonds. The molecule has 0 saturated carbocycles. The Labute approximate surface area is 152 Å². The van der Waals surface area contributed by atoms with Crippen LogP contribution in [0.5, 0.6) is 5.75 Å². The fourth-order valence-corrected chi connectivity index (χ4v) is 3.23. The molecular formula is C20H20N4O2. The summed E-state index contributed by atoms with van der Waals surface area (Å²) < 4.78 is 5.31. The second kappa shape index (κ2) is 7.00. The van der Waals surface area contributed by atoms with Crippen molar-refractivity contribution in [2.75, 3.05) is 38.2 Å². The number of piperazine rings is 1. The van der Waals surface area contributed by atoms with E-state index in [0.29, 0.717) is 24.4 Å². The molecule has 3 aromatic rings. The highest BCUT2D eigenvalue weighted by atomic mass is 16.5. The molecule has 0 radical (unpaired) electrons. The van der Waals surface area contributed by atoms with Gasteiger partial charge in [-0.1, -0.05) is 24.3 Å². The van der Waals surface area contributed by atoms with Gasteiger partial charge in [0.15, 0.2) is 0 Å². The van der Waals surface area contributed by atoms with Gasteiger partial charge >= 0.3 is 0 Å². The lowest BCUT2D eigenvalue weighted by Crippen LogP contribution is -2.49. The minimum Gasteiger partial charge on any atom is -0.496 e. The summed E-state index contributed by atoms with van der Waals surface area (Å²) >= 11 is 0. The molecule has 0 spiro atoms. The Morgan fingerprint density at radius 3 is 2.42 bits per heavy atom. The number of anilines is 1. The van der Waals surface area contributed by atoms with E-state index in [9.17, 15) is 4.79 Å². The van der Waals surface area contributed by atoms with E-state index < -0.39 is 0 Å². The molecule has 0 N–H and O–H groups in total. The van der Waals surface area contributed by atoms with Crippen molar-refractivity contribution in [3.05, 3.63) is 60.3 Å². The van der Waals surface area contributed by atoms with Gasteiger partial charge < -0.3 is 14.5 Å². The third-order valence-electron chi connectivity index (χ3n) is 4.66. The van der Waals surface area contributed by atoms with Gasteiger partial charge in [-0.25, -0.2) is 4.98 Å². The summed E-state index contributed by atoms with van der Waals surface area (Å²) in [6.07, 6.45) is 1.81. The summed E-state index contributed by atoms with van der Waals surface area (Å²) in [5.41, 5.74) is 2.38. The average molecular weight is 348 g/mol. The van der Waals surface area contributed by atoms with Gasteiger partial charge in [0.1, 0.15) is 11.6 Å². The zero-order valence-corrected chi connectivity index (χ0v) is 14.6. The van der Waals surface area contributed by atoms with E-state index in [-0.39, 0.29) is 5.91 Å². The first-order chi connectivity index (χ1) is 12.8. The average Bonchev–Trinajstić information content (AvgIpc) is 2.73. The molecule has 132 valence electrons. The lowest BCUT2D eigenvalue weighted by atomic mass is 10.1. The lowest BCUT2D eigenvalue weighted by molar-refractivity contribution is 0.0743. The Morgan fingerprint density at radius 1 is 0.962 bits per heavy atom. The van der Waals surface area contributed by atoms with E-state index in [1.807, 2.05) is 53.4 Å². The maximum absolute atomic E-state index is 12.8. The molecule has 4 rings (SSSR count). The molecule has 1 aliphatic heterocycles. The van der Waals surface area contributed by atoms with E-state index in [1.165, 1.54) is 0 Å². The van der Waals surface area contributed by atoms with E-state index in [4.69, 9.17) is 9.72 Å². The van der Waals surface area contributed by atoms with Crippen LogP contribution in [-0.4, -0.2) is 54.1 Å². The first-order valence-corrected chi connectivity index (χ1v) is 8.65. The summed E-state index contributed by atoms with van der Waals surface area (Å²) in [7, 11) is 1.59. The highest BCUT2D eigenvalue weighted by Crippen LogP contribution is 2.21. The Balaban J connectivity index is 1.47. The van der Waals surface area contributed by atoms with E-state index >= 15 is 0 Å². The Kier molecular flexibility index (Phi) is 4.39. The first-order valence-electron chi connectivity index (χ1n) is 8.65. The van der Waals surface area contributed by atoms with Crippen LogP contribution in [0.2, 0.25) is 0 Å². The van der Waals surface area contributed by atoms with Crippen LogP contribution < -0.4 is 9.64 Å². The van der Waals surface area contributed by atoms with Gasteiger partial charge in [0.05, 0.1) is 29.9 Å². The summed E-state index contributed by atoms with van der Waals surface area (Å²) in [5.74, 6) is 1.47. The van der Waals surface area contributed by atoms with Crippen molar-refractivity contribution in [3.8, 4) is 5.75 Å². The normalized spacial score (nSPS) is 14.5. The number of ether oxygens (including phenoxy) is 1. The number of methoxy groups -OCH3 is 1.